The van der Waals surface area contributed by atoms with E-state index in [1.165, 1.54) is 6.26 Å². The molecule has 0 aliphatic carbocycles. The van der Waals surface area contributed by atoms with Gasteiger partial charge in [0.1, 0.15) is 6.10 Å². The van der Waals surface area contributed by atoms with E-state index in [9.17, 15) is 4.79 Å². The summed E-state index contributed by atoms with van der Waals surface area (Å²) in [5.74, 6) is 0.931. The van der Waals surface area contributed by atoms with Crippen LogP contribution in [0.15, 0.2) is 39.4 Å². The zero-order valence-electron chi connectivity index (χ0n) is 11.5. The first-order chi connectivity index (χ1) is 10.6. The van der Waals surface area contributed by atoms with Crippen molar-refractivity contribution in [3.8, 4) is 11.5 Å². The molecule has 2 atom stereocenters. The standard InChI is InChI=1S/C15H12Br2O5/c1-8(16)14(22-15(18)11-3-2-4-19-11)9-5-12-13(6-10(9)17)21-7-20-12/h2-6,8,14H,7H2,1H3. The SMILES string of the molecule is CC(Br)C(OC(=O)c1ccco1)c1cc2c(cc1Br)OCO2. The number of halogens is 2. The number of fused-ring (bicyclic) bond motifs is 1. The first-order valence-electron chi connectivity index (χ1n) is 6.54. The lowest BCUT2D eigenvalue weighted by atomic mass is 10.1. The molecular formula is C15H12Br2O5. The quantitative estimate of drug-likeness (QED) is 0.528. The van der Waals surface area contributed by atoms with Crippen LogP contribution in [0.3, 0.4) is 0 Å². The third-order valence-electron chi connectivity index (χ3n) is 3.17. The van der Waals surface area contributed by atoms with Gasteiger partial charge in [-0.25, -0.2) is 4.79 Å². The van der Waals surface area contributed by atoms with Gasteiger partial charge in [-0.05, 0) is 31.2 Å². The van der Waals surface area contributed by atoms with Gasteiger partial charge < -0.3 is 18.6 Å². The summed E-state index contributed by atoms with van der Waals surface area (Å²) in [6.45, 7) is 2.09. The maximum atomic E-state index is 12.1. The molecule has 116 valence electrons. The number of rotatable bonds is 4. The van der Waals surface area contributed by atoms with Crippen molar-refractivity contribution >= 4 is 37.8 Å². The van der Waals surface area contributed by atoms with Gasteiger partial charge in [-0.2, -0.15) is 0 Å². The Labute approximate surface area is 143 Å². The second-order valence-electron chi connectivity index (χ2n) is 4.71. The minimum Gasteiger partial charge on any atom is -0.457 e. The van der Waals surface area contributed by atoms with E-state index >= 15 is 0 Å². The van der Waals surface area contributed by atoms with Crippen molar-refractivity contribution in [2.24, 2.45) is 0 Å². The van der Waals surface area contributed by atoms with Gasteiger partial charge in [0, 0.05) is 10.0 Å². The molecule has 2 unspecified atom stereocenters. The second kappa shape index (κ2) is 6.34. The molecule has 0 saturated carbocycles. The fraction of sp³-hybridized carbons (Fsp3) is 0.267. The van der Waals surface area contributed by atoms with E-state index in [0.717, 1.165) is 10.0 Å². The fourth-order valence-corrected chi connectivity index (χ4v) is 3.06. The van der Waals surface area contributed by atoms with Crippen molar-refractivity contribution < 1.29 is 23.4 Å². The van der Waals surface area contributed by atoms with Crippen molar-refractivity contribution in [1.29, 1.82) is 0 Å². The molecule has 0 fully saturated rings. The van der Waals surface area contributed by atoms with E-state index in [0.29, 0.717) is 11.5 Å². The Morgan fingerprint density at radius 2 is 2.05 bits per heavy atom. The summed E-state index contributed by atoms with van der Waals surface area (Å²) < 4.78 is 22.1. The van der Waals surface area contributed by atoms with Crippen LogP contribution in [0.25, 0.3) is 0 Å². The van der Waals surface area contributed by atoms with Gasteiger partial charge >= 0.3 is 5.97 Å². The lowest BCUT2D eigenvalue weighted by molar-refractivity contribution is 0.0266. The van der Waals surface area contributed by atoms with Crippen LogP contribution in [0, 0.1) is 0 Å². The average molecular weight is 432 g/mol. The Kier molecular flexibility index (Phi) is 4.44. The topological polar surface area (TPSA) is 57.9 Å². The molecule has 0 bridgehead atoms. The molecule has 1 aromatic carbocycles. The molecular weight excluding hydrogens is 420 g/mol. The molecule has 5 nitrogen and oxygen atoms in total. The summed E-state index contributed by atoms with van der Waals surface area (Å²) in [5.41, 5.74) is 0.786. The average Bonchev–Trinajstić information content (AvgIpc) is 3.14. The van der Waals surface area contributed by atoms with Crippen molar-refractivity contribution in [3.05, 3.63) is 46.3 Å². The van der Waals surface area contributed by atoms with E-state index in [-0.39, 0.29) is 17.4 Å². The summed E-state index contributed by atoms with van der Waals surface area (Å²) in [6.07, 6.45) is 0.918. The normalized spacial score (nSPS) is 15.4. The Hall–Kier alpha value is -1.47. The molecule has 1 aromatic heterocycles. The van der Waals surface area contributed by atoms with Crippen molar-refractivity contribution in [3.63, 3.8) is 0 Å². The van der Waals surface area contributed by atoms with E-state index in [4.69, 9.17) is 18.6 Å². The van der Waals surface area contributed by atoms with Gasteiger partial charge in [0.15, 0.2) is 11.5 Å². The smallest absolute Gasteiger partial charge is 0.374 e. The minimum absolute atomic E-state index is 0.108. The zero-order valence-corrected chi connectivity index (χ0v) is 14.7. The molecule has 2 aromatic rings. The van der Waals surface area contributed by atoms with Crippen LogP contribution in [0.2, 0.25) is 0 Å². The Morgan fingerprint density at radius 1 is 1.32 bits per heavy atom. The first kappa shape index (κ1) is 15.4. The second-order valence-corrected chi connectivity index (χ2v) is 7.01. The highest BCUT2D eigenvalue weighted by molar-refractivity contribution is 9.10. The highest BCUT2D eigenvalue weighted by Gasteiger charge is 2.28. The largest absolute Gasteiger partial charge is 0.457 e. The molecule has 1 aliphatic heterocycles. The zero-order chi connectivity index (χ0) is 15.7. The van der Waals surface area contributed by atoms with Crippen molar-refractivity contribution in [1.82, 2.24) is 0 Å². The third kappa shape index (κ3) is 3.01. The van der Waals surface area contributed by atoms with Crippen LogP contribution < -0.4 is 9.47 Å². The summed E-state index contributed by atoms with van der Waals surface area (Å²) in [5, 5.41) is 0. The summed E-state index contributed by atoms with van der Waals surface area (Å²) in [7, 11) is 0. The molecule has 0 spiro atoms. The predicted molar refractivity (Wildman–Crippen MR) is 85.5 cm³/mol. The van der Waals surface area contributed by atoms with E-state index in [1.54, 1.807) is 18.2 Å². The van der Waals surface area contributed by atoms with Gasteiger partial charge in [-0.15, -0.1) is 0 Å². The molecule has 22 heavy (non-hydrogen) atoms. The third-order valence-corrected chi connectivity index (χ3v) is 4.34. The van der Waals surface area contributed by atoms with E-state index in [1.807, 2.05) is 13.0 Å². The number of esters is 1. The number of benzene rings is 1. The Morgan fingerprint density at radius 3 is 2.68 bits per heavy atom. The number of carbonyl (C=O) groups excluding carboxylic acids is 1. The van der Waals surface area contributed by atoms with E-state index < -0.39 is 12.1 Å². The molecule has 2 heterocycles. The number of furan rings is 1. The van der Waals surface area contributed by atoms with Crippen LogP contribution in [-0.2, 0) is 4.74 Å². The number of carbonyl (C=O) groups is 1. The van der Waals surface area contributed by atoms with Gasteiger partial charge in [-0.1, -0.05) is 31.9 Å². The maximum absolute atomic E-state index is 12.1. The molecule has 3 rings (SSSR count). The number of ether oxygens (including phenoxy) is 3. The van der Waals surface area contributed by atoms with Crippen molar-refractivity contribution in [2.75, 3.05) is 6.79 Å². The van der Waals surface area contributed by atoms with Crippen LogP contribution in [0.1, 0.15) is 29.1 Å². The molecule has 7 heteroatoms. The van der Waals surface area contributed by atoms with Gasteiger partial charge in [0.25, 0.3) is 0 Å². The van der Waals surface area contributed by atoms with Gasteiger partial charge in [-0.3, -0.25) is 0 Å². The highest BCUT2D eigenvalue weighted by atomic mass is 79.9. The molecule has 1 aliphatic rings. The molecule has 0 saturated heterocycles. The number of hydrogen-bond acceptors (Lipinski definition) is 5. The first-order valence-corrected chi connectivity index (χ1v) is 8.24. The lowest BCUT2D eigenvalue weighted by Crippen LogP contribution is -2.18. The molecule has 0 N–H and O–H groups in total. The van der Waals surface area contributed by atoms with Crippen LogP contribution in [0.5, 0.6) is 11.5 Å². The van der Waals surface area contributed by atoms with Gasteiger partial charge in [0.2, 0.25) is 12.6 Å². The molecule has 0 amide bonds. The fourth-order valence-electron chi connectivity index (χ4n) is 2.12. The van der Waals surface area contributed by atoms with Crippen molar-refractivity contribution in [2.45, 2.75) is 17.9 Å². The summed E-state index contributed by atoms with van der Waals surface area (Å²) in [4.78, 5) is 12.0. The monoisotopic (exact) mass is 430 g/mol. The van der Waals surface area contributed by atoms with Crippen LogP contribution in [0.4, 0.5) is 0 Å². The molecule has 0 radical (unpaired) electrons. The summed E-state index contributed by atoms with van der Waals surface area (Å²) in [6, 6.07) is 6.82. The number of hydrogen-bond donors (Lipinski definition) is 0. The minimum atomic E-state index is -0.522. The predicted octanol–water partition coefficient (Wildman–Crippen LogP) is 4.45. The lowest BCUT2D eigenvalue weighted by Gasteiger charge is -2.21. The van der Waals surface area contributed by atoms with E-state index in [2.05, 4.69) is 31.9 Å². The number of alkyl halides is 1. The Balaban J connectivity index is 1.90. The van der Waals surface area contributed by atoms with Gasteiger partial charge in [0.05, 0.1) is 11.1 Å². The maximum Gasteiger partial charge on any atom is 0.374 e. The van der Waals surface area contributed by atoms with Crippen LogP contribution >= 0.6 is 31.9 Å². The Bertz CT molecular complexity index is 681. The van der Waals surface area contributed by atoms with Crippen LogP contribution in [-0.4, -0.2) is 17.6 Å². The summed E-state index contributed by atoms with van der Waals surface area (Å²) >= 11 is 6.97. The highest BCUT2D eigenvalue weighted by Crippen LogP contribution is 2.41.